The van der Waals surface area contributed by atoms with Crippen molar-refractivity contribution in [3.63, 3.8) is 0 Å². The Bertz CT molecular complexity index is 473. The van der Waals surface area contributed by atoms with Crippen molar-refractivity contribution in [3.8, 4) is 0 Å². The molecule has 0 bridgehead atoms. The molecule has 2 heteroatoms. The van der Waals surface area contributed by atoms with E-state index in [4.69, 9.17) is 4.74 Å². The average Bonchev–Trinajstić information content (AvgIpc) is 2.68. The molecule has 0 amide bonds. The Morgan fingerprint density at radius 1 is 1.33 bits per heavy atom. The van der Waals surface area contributed by atoms with E-state index in [0.29, 0.717) is 5.76 Å². The maximum absolute atomic E-state index is 10.9. The molecule has 18 heavy (non-hydrogen) atoms. The topological polar surface area (TPSA) is 26.3 Å². The van der Waals surface area contributed by atoms with Crippen LogP contribution in [0.3, 0.4) is 0 Å². The van der Waals surface area contributed by atoms with Crippen LogP contribution in [0, 0.1) is 5.41 Å². The van der Waals surface area contributed by atoms with Gasteiger partial charge in [-0.15, -0.1) is 0 Å². The molecule has 0 saturated heterocycles. The predicted octanol–water partition coefficient (Wildman–Crippen LogP) is 4.07. The van der Waals surface area contributed by atoms with Crippen molar-refractivity contribution < 1.29 is 9.53 Å². The lowest BCUT2D eigenvalue weighted by atomic mass is 9.73. The molecular weight excluding hydrogens is 224 g/mol. The maximum atomic E-state index is 10.9. The molecule has 1 aliphatic carbocycles. The summed E-state index contributed by atoms with van der Waals surface area (Å²) in [4.78, 5) is 10.9. The first-order chi connectivity index (χ1) is 8.49. The lowest BCUT2D eigenvalue weighted by molar-refractivity contribution is -0.132. The van der Waals surface area contributed by atoms with Gasteiger partial charge in [0.1, 0.15) is 5.76 Å². The van der Waals surface area contributed by atoms with Gasteiger partial charge in [0.25, 0.3) is 0 Å². The molecule has 2 rings (SSSR count). The van der Waals surface area contributed by atoms with Crippen molar-refractivity contribution in [2.75, 3.05) is 0 Å². The molecule has 0 N–H and O–H groups in total. The molecule has 0 radical (unpaired) electrons. The Morgan fingerprint density at radius 3 is 2.72 bits per heavy atom. The molecule has 0 aromatic carbocycles. The monoisotopic (exact) mass is 244 g/mol. The van der Waals surface area contributed by atoms with Crippen molar-refractivity contribution in [2.45, 2.75) is 40.0 Å². The molecule has 1 aliphatic heterocycles. The van der Waals surface area contributed by atoms with Crippen molar-refractivity contribution >= 4 is 5.97 Å². The molecule has 96 valence electrons. The summed E-state index contributed by atoms with van der Waals surface area (Å²) in [5.41, 5.74) is 3.14. The van der Waals surface area contributed by atoms with Gasteiger partial charge < -0.3 is 4.74 Å². The van der Waals surface area contributed by atoms with E-state index >= 15 is 0 Å². The van der Waals surface area contributed by atoms with Gasteiger partial charge in [-0.2, -0.15) is 0 Å². The minimum Gasteiger partial charge on any atom is -0.423 e. The van der Waals surface area contributed by atoms with E-state index in [1.165, 1.54) is 36.5 Å². The summed E-state index contributed by atoms with van der Waals surface area (Å²) in [6.45, 7) is 6.79. The van der Waals surface area contributed by atoms with Gasteiger partial charge in [0.2, 0.25) is 0 Å². The minimum atomic E-state index is -0.289. The van der Waals surface area contributed by atoms with Crippen LogP contribution in [0.2, 0.25) is 0 Å². The summed E-state index contributed by atoms with van der Waals surface area (Å²) in [5.74, 6) is 0.325. The molecule has 0 unspecified atom stereocenters. The standard InChI is InChI=1S/C16H20O2/c1-12-6-5-11-16(2,3)14(12)8-4-7-13-9-10-15(17)18-13/h4,7-10H,5-6,11H2,1-3H3/b8-4+,13-7+. The lowest BCUT2D eigenvalue weighted by Gasteiger charge is -2.32. The van der Waals surface area contributed by atoms with Crippen LogP contribution < -0.4 is 0 Å². The van der Waals surface area contributed by atoms with Crippen molar-refractivity contribution in [1.29, 1.82) is 0 Å². The predicted molar refractivity (Wildman–Crippen MR) is 72.8 cm³/mol. The molecule has 0 spiro atoms. The summed E-state index contributed by atoms with van der Waals surface area (Å²) in [7, 11) is 0. The molecule has 0 saturated carbocycles. The number of rotatable bonds is 2. The average molecular weight is 244 g/mol. The van der Waals surface area contributed by atoms with Crippen molar-refractivity contribution in [2.24, 2.45) is 5.41 Å². The molecule has 0 aromatic heterocycles. The highest BCUT2D eigenvalue weighted by molar-refractivity contribution is 5.86. The Hall–Kier alpha value is -1.57. The molecule has 0 atom stereocenters. The number of hydrogen-bond acceptors (Lipinski definition) is 2. The summed E-state index contributed by atoms with van der Waals surface area (Å²) in [5, 5.41) is 0. The van der Waals surface area contributed by atoms with Crippen molar-refractivity contribution in [1.82, 2.24) is 0 Å². The Morgan fingerprint density at radius 2 is 2.11 bits per heavy atom. The maximum Gasteiger partial charge on any atom is 0.336 e. The largest absolute Gasteiger partial charge is 0.423 e. The van der Waals surface area contributed by atoms with E-state index in [9.17, 15) is 4.79 Å². The van der Waals surface area contributed by atoms with E-state index < -0.39 is 0 Å². The molecule has 2 nitrogen and oxygen atoms in total. The van der Waals surface area contributed by atoms with Gasteiger partial charge >= 0.3 is 5.97 Å². The number of carbonyl (C=O) groups excluding carboxylic acids is 1. The molecular formula is C16H20O2. The van der Waals surface area contributed by atoms with E-state index in [1.807, 2.05) is 12.2 Å². The van der Waals surface area contributed by atoms with Gasteiger partial charge in [-0.05, 0) is 49.3 Å². The van der Waals surface area contributed by atoms with Crippen LogP contribution >= 0.6 is 0 Å². The second-order valence-corrected chi connectivity index (χ2v) is 5.61. The van der Waals surface area contributed by atoms with Crippen LogP contribution in [0.4, 0.5) is 0 Å². The second kappa shape index (κ2) is 4.97. The summed E-state index contributed by atoms with van der Waals surface area (Å²) < 4.78 is 4.97. The molecule has 2 aliphatic rings. The van der Waals surface area contributed by atoms with Crippen LogP contribution in [0.1, 0.15) is 40.0 Å². The molecule has 0 fully saturated rings. The fraction of sp³-hybridized carbons (Fsp3) is 0.438. The number of esters is 1. The third-order valence-corrected chi connectivity index (χ3v) is 3.67. The van der Waals surface area contributed by atoms with Gasteiger partial charge in [0.05, 0.1) is 0 Å². The Balaban J connectivity index is 2.13. The third-order valence-electron chi connectivity index (χ3n) is 3.67. The quantitative estimate of drug-likeness (QED) is 0.684. The fourth-order valence-corrected chi connectivity index (χ4v) is 2.67. The fourth-order valence-electron chi connectivity index (χ4n) is 2.67. The third kappa shape index (κ3) is 2.81. The SMILES string of the molecule is CC1=C(/C=C/C=C2\C=CC(=O)O2)C(C)(C)CCC1. The molecule has 1 heterocycles. The summed E-state index contributed by atoms with van der Waals surface area (Å²) in [6, 6.07) is 0. The smallest absolute Gasteiger partial charge is 0.336 e. The van der Waals surface area contributed by atoms with E-state index in [0.717, 1.165) is 0 Å². The first-order valence-corrected chi connectivity index (χ1v) is 6.47. The summed E-state index contributed by atoms with van der Waals surface area (Å²) >= 11 is 0. The zero-order valence-electron chi connectivity index (χ0n) is 11.3. The minimum absolute atomic E-state index is 0.250. The van der Waals surface area contributed by atoms with E-state index in [2.05, 4.69) is 26.8 Å². The van der Waals surface area contributed by atoms with Crippen LogP contribution in [0.15, 0.2) is 47.3 Å². The highest BCUT2D eigenvalue weighted by Crippen LogP contribution is 2.40. The van der Waals surface area contributed by atoms with Crippen LogP contribution in [-0.4, -0.2) is 5.97 Å². The van der Waals surface area contributed by atoms with E-state index in [1.54, 1.807) is 6.08 Å². The van der Waals surface area contributed by atoms with Gasteiger partial charge in [0, 0.05) is 6.08 Å². The number of allylic oxidation sites excluding steroid dienone is 6. The van der Waals surface area contributed by atoms with Gasteiger partial charge in [-0.3, -0.25) is 0 Å². The number of ether oxygens (including phenoxy) is 1. The number of carbonyl (C=O) groups is 1. The highest BCUT2D eigenvalue weighted by Gasteiger charge is 2.26. The van der Waals surface area contributed by atoms with Crippen molar-refractivity contribution in [3.05, 3.63) is 47.3 Å². The lowest BCUT2D eigenvalue weighted by Crippen LogP contribution is -2.18. The van der Waals surface area contributed by atoms with Crippen LogP contribution in [0.5, 0.6) is 0 Å². The second-order valence-electron chi connectivity index (χ2n) is 5.61. The molecule has 0 aromatic rings. The first kappa shape index (κ1) is 12.9. The summed E-state index contributed by atoms with van der Waals surface area (Å²) in [6.07, 6.45) is 12.8. The van der Waals surface area contributed by atoms with Gasteiger partial charge in [-0.1, -0.05) is 31.6 Å². The zero-order valence-corrected chi connectivity index (χ0v) is 11.3. The Labute approximate surface area is 109 Å². The van der Waals surface area contributed by atoms with E-state index in [-0.39, 0.29) is 11.4 Å². The number of cyclic esters (lactones) is 1. The normalized spacial score (nSPS) is 25.3. The highest BCUT2D eigenvalue weighted by atomic mass is 16.5. The van der Waals surface area contributed by atoms with Gasteiger partial charge in [0.15, 0.2) is 0 Å². The van der Waals surface area contributed by atoms with Crippen LogP contribution in [0.25, 0.3) is 0 Å². The zero-order chi connectivity index (χ0) is 13.2. The number of hydrogen-bond donors (Lipinski definition) is 0. The Kier molecular flexibility index (Phi) is 3.55. The van der Waals surface area contributed by atoms with Crippen LogP contribution in [-0.2, 0) is 9.53 Å². The van der Waals surface area contributed by atoms with Gasteiger partial charge in [-0.25, -0.2) is 4.79 Å². The first-order valence-electron chi connectivity index (χ1n) is 6.47.